The Hall–Kier alpha value is -4.01. The molecular formula is C39H48N4O4. The third-order valence-electron chi connectivity index (χ3n) is 10.1. The summed E-state index contributed by atoms with van der Waals surface area (Å²) in [6, 6.07) is 26.5. The summed E-state index contributed by atoms with van der Waals surface area (Å²) in [6.07, 6.45) is 4.99. The summed E-state index contributed by atoms with van der Waals surface area (Å²) in [5.41, 5.74) is 3.70. The second kappa shape index (κ2) is 15.3. The first-order valence-corrected chi connectivity index (χ1v) is 17.3. The molecule has 1 atom stereocenters. The Bertz CT molecular complexity index is 1630. The van der Waals surface area contributed by atoms with E-state index >= 15 is 0 Å². The van der Waals surface area contributed by atoms with Gasteiger partial charge < -0.3 is 23.8 Å². The molecule has 248 valence electrons. The van der Waals surface area contributed by atoms with Crippen molar-refractivity contribution in [1.82, 2.24) is 19.4 Å². The monoisotopic (exact) mass is 636 g/mol. The van der Waals surface area contributed by atoms with Crippen molar-refractivity contribution >= 4 is 22.7 Å². The van der Waals surface area contributed by atoms with Crippen molar-refractivity contribution in [2.24, 2.45) is 11.3 Å². The summed E-state index contributed by atoms with van der Waals surface area (Å²) in [5, 5.41) is 0. The van der Waals surface area contributed by atoms with Crippen molar-refractivity contribution in [2.45, 2.75) is 58.5 Å². The summed E-state index contributed by atoms with van der Waals surface area (Å²) in [5.74, 6) is 1.71. The second-order valence-electron chi connectivity index (χ2n) is 13.1. The molecule has 6 rings (SSSR count). The molecule has 0 saturated carbocycles. The van der Waals surface area contributed by atoms with Gasteiger partial charge in [-0.05, 0) is 100 Å². The lowest BCUT2D eigenvalue weighted by molar-refractivity contribution is -0.148. The number of hydrogen-bond donors (Lipinski definition) is 0. The van der Waals surface area contributed by atoms with Gasteiger partial charge >= 0.3 is 0 Å². The first-order chi connectivity index (χ1) is 23.0. The van der Waals surface area contributed by atoms with Crippen molar-refractivity contribution in [3.8, 4) is 5.75 Å². The van der Waals surface area contributed by atoms with E-state index < -0.39 is 5.41 Å². The zero-order chi connectivity index (χ0) is 32.6. The Balaban J connectivity index is 1.13. The lowest BCUT2D eigenvalue weighted by Crippen LogP contribution is -2.51. The molecule has 0 N–H and O–H groups in total. The zero-order valence-electron chi connectivity index (χ0n) is 27.9. The summed E-state index contributed by atoms with van der Waals surface area (Å²) in [6.45, 7) is 7.76. The summed E-state index contributed by atoms with van der Waals surface area (Å²) in [4.78, 5) is 37.5. The van der Waals surface area contributed by atoms with E-state index in [9.17, 15) is 9.59 Å². The smallest absolute Gasteiger partial charge is 0.229 e. The van der Waals surface area contributed by atoms with E-state index in [1.54, 1.807) is 7.11 Å². The van der Waals surface area contributed by atoms with Crippen molar-refractivity contribution in [3.63, 3.8) is 0 Å². The molecule has 47 heavy (non-hydrogen) atoms. The molecule has 0 spiro atoms. The summed E-state index contributed by atoms with van der Waals surface area (Å²) in [7, 11) is 1.68. The quantitative estimate of drug-likeness (QED) is 0.118. The number of benzene rings is 3. The van der Waals surface area contributed by atoms with Crippen LogP contribution in [0.3, 0.4) is 0 Å². The highest BCUT2D eigenvalue weighted by Crippen LogP contribution is 2.40. The number of likely N-dealkylation sites (tertiary alicyclic amines) is 2. The summed E-state index contributed by atoms with van der Waals surface area (Å²) >= 11 is 0. The molecule has 1 aromatic heterocycles. The number of hydrogen-bond acceptors (Lipinski definition) is 6. The van der Waals surface area contributed by atoms with Crippen molar-refractivity contribution in [2.75, 3.05) is 46.5 Å². The number of ketones is 1. The highest BCUT2D eigenvalue weighted by Gasteiger charge is 2.44. The maximum atomic E-state index is 14.4. The second-order valence-corrected chi connectivity index (χ2v) is 13.1. The normalized spacial score (nSPS) is 19.4. The number of methoxy groups -OCH3 is 1. The Labute approximate surface area is 278 Å². The fourth-order valence-electron chi connectivity index (χ4n) is 7.49. The zero-order valence-corrected chi connectivity index (χ0v) is 27.9. The van der Waals surface area contributed by atoms with Gasteiger partial charge in [0.25, 0.3) is 0 Å². The number of carbonyl (C=O) groups excluding carboxylic acids is 2. The molecule has 0 bridgehead atoms. The molecule has 0 radical (unpaired) electrons. The number of imidazole rings is 1. The van der Waals surface area contributed by atoms with Crippen LogP contribution >= 0.6 is 0 Å². The number of fused-ring (bicyclic) bond motifs is 1. The van der Waals surface area contributed by atoms with Crippen LogP contribution in [-0.4, -0.2) is 77.5 Å². The maximum absolute atomic E-state index is 14.4. The predicted octanol–water partition coefficient (Wildman–Crippen LogP) is 6.42. The number of amides is 1. The number of aromatic nitrogens is 2. The van der Waals surface area contributed by atoms with E-state index in [1.165, 1.54) is 5.56 Å². The fourth-order valence-corrected chi connectivity index (χ4v) is 7.49. The van der Waals surface area contributed by atoms with Gasteiger partial charge in [-0.25, -0.2) is 4.98 Å². The minimum absolute atomic E-state index is 0.0557. The first-order valence-electron chi connectivity index (χ1n) is 17.3. The molecule has 0 aliphatic carbocycles. The van der Waals surface area contributed by atoms with Gasteiger partial charge in [-0.15, -0.1) is 0 Å². The van der Waals surface area contributed by atoms with Crippen molar-refractivity contribution in [3.05, 3.63) is 95.8 Å². The SMILES string of the molecule is CCOCCn1c(C(=O)C2CCN(CCC3(Cc4ccc(OC)cc4)CCCN(Cc4ccccc4)C3=O)CC2)nc2ccccc21. The molecule has 2 saturated heterocycles. The van der Waals surface area contributed by atoms with Crippen LogP contribution in [0.1, 0.15) is 60.8 Å². The molecule has 2 aliphatic heterocycles. The van der Waals surface area contributed by atoms with E-state index in [0.29, 0.717) is 38.5 Å². The Morgan fingerprint density at radius 1 is 0.915 bits per heavy atom. The van der Waals surface area contributed by atoms with Crippen LogP contribution in [0.2, 0.25) is 0 Å². The van der Waals surface area contributed by atoms with E-state index in [1.807, 2.05) is 66.1 Å². The lowest BCUT2D eigenvalue weighted by Gasteiger charge is -2.43. The molecule has 4 aromatic rings. The summed E-state index contributed by atoms with van der Waals surface area (Å²) < 4.78 is 13.1. The Morgan fingerprint density at radius 3 is 2.40 bits per heavy atom. The third-order valence-corrected chi connectivity index (χ3v) is 10.1. The van der Waals surface area contributed by atoms with Crippen LogP contribution in [0.25, 0.3) is 11.0 Å². The van der Waals surface area contributed by atoms with Crippen molar-refractivity contribution < 1.29 is 19.1 Å². The number of ether oxygens (including phenoxy) is 2. The fraction of sp³-hybridized carbons (Fsp3) is 0.462. The standard InChI is InChI=1S/C39H48N4O4/c1-3-47-27-26-43-35-13-8-7-12-34(35)40-37(43)36(44)32-18-23-41(24-19-32)25-21-39(28-30-14-16-33(46-2)17-15-30)20-9-22-42(38(39)45)29-31-10-5-4-6-11-31/h4-8,10-17,32H,3,9,18-29H2,1-2H3. The molecule has 1 unspecified atom stereocenters. The Morgan fingerprint density at radius 2 is 1.66 bits per heavy atom. The third kappa shape index (κ3) is 7.60. The number of rotatable bonds is 14. The molecule has 3 heterocycles. The van der Waals surface area contributed by atoms with Crippen LogP contribution in [0, 0.1) is 11.3 Å². The van der Waals surface area contributed by atoms with Gasteiger partial charge in [0.05, 0.1) is 30.2 Å². The van der Waals surface area contributed by atoms with Gasteiger partial charge in [0.2, 0.25) is 11.7 Å². The molecule has 8 heteroatoms. The number of piperidine rings is 2. The lowest BCUT2D eigenvalue weighted by atomic mass is 9.71. The Kier molecular flexibility index (Phi) is 10.7. The van der Waals surface area contributed by atoms with Crippen LogP contribution in [-0.2, 0) is 29.0 Å². The topological polar surface area (TPSA) is 76.9 Å². The average molecular weight is 637 g/mol. The van der Waals surface area contributed by atoms with Gasteiger partial charge in [-0.1, -0.05) is 54.6 Å². The van der Waals surface area contributed by atoms with Crippen LogP contribution < -0.4 is 4.74 Å². The number of para-hydroxylation sites is 2. The molecule has 2 fully saturated rings. The number of carbonyl (C=O) groups is 2. The van der Waals surface area contributed by atoms with Gasteiger partial charge in [-0.3, -0.25) is 9.59 Å². The maximum Gasteiger partial charge on any atom is 0.229 e. The van der Waals surface area contributed by atoms with E-state index in [4.69, 9.17) is 14.5 Å². The number of Topliss-reactive ketones (excluding diaryl/α,β-unsaturated/α-hetero) is 1. The molecule has 8 nitrogen and oxygen atoms in total. The molecule has 3 aromatic carbocycles. The van der Waals surface area contributed by atoms with Gasteiger partial charge in [0, 0.05) is 32.2 Å². The first kappa shape index (κ1) is 32.9. The minimum Gasteiger partial charge on any atom is -0.497 e. The molecule has 1 amide bonds. The average Bonchev–Trinajstić information content (AvgIpc) is 3.48. The molecular weight excluding hydrogens is 588 g/mol. The largest absolute Gasteiger partial charge is 0.497 e. The molecule has 2 aliphatic rings. The number of nitrogens with zero attached hydrogens (tertiary/aromatic N) is 4. The van der Waals surface area contributed by atoms with Gasteiger partial charge in [-0.2, -0.15) is 0 Å². The highest BCUT2D eigenvalue weighted by molar-refractivity contribution is 5.98. The van der Waals surface area contributed by atoms with Crippen LogP contribution in [0.15, 0.2) is 78.9 Å². The van der Waals surface area contributed by atoms with E-state index in [-0.39, 0.29) is 17.6 Å². The van der Waals surface area contributed by atoms with Gasteiger partial charge in [0.1, 0.15) is 5.75 Å². The van der Waals surface area contributed by atoms with Crippen molar-refractivity contribution in [1.29, 1.82) is 0 Å². The van der Waals surface area contributed by atoms with E-state index in [2.05, 4.69) is 34.1 Å². The minimum atomic E-state index is -0.459. The predicted molar refractivity (Wildman–Crippen MR) is 185 cm³/mol. The van der Waals surface area contributed by atoms with E-state index in [0.717, 1.165) is 80.6 Å². The van der Waals surface area contributed by atoms with Crippen LogP contribution in [0.5, 0.6) is 5.75 Å². The van der Waals surface area contributed by atoms with Crippen LogP contribution in [0.4, 0.5) is 0 Å². The van der Waals surface area contributed by atoms with Gasteiger partial charge in [0.15, 0.2) is 5.82 Å². The highest BCUT2D eigenvalue weighted by atomic mass is 16.5.